The van der Waals surface area contributed by atoms with Gasteiger partial charge in [-0.05, 0) is 48.0 Å². The summed E-state index contributed by atoms with van der Waals surface area (Å²) in [5.74, 6) is -0.224. The van der Waals surface area contributed by atoms with Crippen LogP contribution in [0.4, 0.5) is 13.2 Å². The molecule has 0 heterocycles. The molecule has 0 saturated heterocycles. The van der Waals surface area contributed by atoms with Gasteiger partial charge in [0.1, 0.15) is 6.61 Å². The first kappa shape index (κ1) is 20.0. The van der Waals surface area contributed by atoms with Crippen LogP contribution in [0.1, 0.15) is 30.0 Å². The van der Waals surface area contributed by atoms with Crippen molar-refractivity contribution in [2.45, 2.75) is 26.1 Å². The third-order valence-electron chi connectivity index (χ3n) is 3.43. The van der Waals surface area contributed by atoms with Gasteiger partial charge in [-0.2, -0.15) is 13.2 Å². The second-order valence-corrected chi connectivity index (χ2v) is 5.63. The van der Waals surface area contributed by atoms with Gasteiger partial charge in [-0.3, -0.25) is 5.21 Å². The second-order valence-electron chi connectivity index (χ2n) is 5.19. The fourth-order valence-electron chi connectivity index (χ4n) is 2.14. The molecule has 0 unspecified atom stereocenters. The van der Waals surface area contributed by atoms with Crippen LogP contribution in [0.2, 0.25) is 5.02 Å². The summed E-state index contributed by atoms with van der Waals surface area (Å²) in [7, 11) is 0. The lowest BCUT2D eigenvalue weighted by Crippen LogP contribution is -2.16. The van der Waals surface area contributed by atoms with Crippen LogP contribution in [0, 0.1) is 0 Å². The molecule has 0 saturated carbocycles. The summed E-state index contributed by atoms with van der Waals surface area (Å²) >= 11 is 5.80. The van der Waals surface area contributed by atoms with Crippen LogP contribution in [0.15, 0.2) is 47.6 Å². The van der Waals surface area contributed by atoms with E-state index < -0.39 is 11.7 Å². The van der Waals surface area contributed by atoms with E-state index in [-0.39, 0.29) is 17.9 Å². The summed E-state index contributed by atoms with van der Waals surface area (Å²) in [5.41, 5.74) is 1.93. The zero-order chi connectivity index (χ0) is 19.2. The number of halogens is 4. The van der Waals surface area contributed by atoms with Gasteiger partial charge in [0.05, 0.1) is 11.3 Å². The van der Waals surface area contributed by atoms with Gasteiger partial charge >= 0.3 is 6.18 Å². The van der Waals surface area contributed by atoms with Gasteiger partial charge in [0.25, 0.3) is 0 Å². The van der Waals surface area contributed by atoms with Crippen molar-refractivity contribution >= 4 is 17.3 Å². The van der Waals surface area contributed by atoms with Crippen molar-refractivity contribution < 1.29 is 28.1 Å². The Morgan fingerprint density at radius 2 is 1.88 bits per heavy atom. The van der Waals surface area contributed by atoms with Crippen molar-refractivity contribution in [1.82, 2.24) is 5.64 Å². The molecule has 2 rings (SSSR count). The largest absolute Gasteiger partial charge is 0.416 e. The minimum Gasteiger partial charge on any atom is -0.391 e. The van der Waals surface area contributed by atoms with E-state index in [0.717, 1.165) is 17.7 Å². The smallest absolute Gasteiger partial charge is 0.391 e. The molecule has 140 valence electrons. The molecule has 0 aliphatic rings. The summed E-state index contributed by atoms with van der Waals surface area (Å²) in [4.78, 5) is 9.97. The van der Waals surface area contributed by atoms with Crippen molar-refractivity contribution in [1.29, 1.82) is 0 Å². The zero-order valence-electron chi connectivity index (χ0n) is 13.7. The average Bonchev–Trinajstić information content (AvgIpc) is 2.60. The van der Waals surface area contributed by atoms with Gasteiger partial charge in [-0.1, -0.05) is 35.8 Å². The summed E-state index contributed by atoms with van der Waals surface area (Å²) in [6.07, 6.45) is -4.17. The molecule has 5 nitrogen and oxygen atoms in total. The lowest BCUT2D eigenvalue weighted by molar-refractivity contribution is -0.138. The van der Waals surface area contributed by atoms with Crippen molar-refractivity contribution in [3.8, 4) is 5.75 Å². The first-order valence-corrected chi connectivity index (χ1v) is 7.93. The lowest BCUT2D eigenvalue weighted by atomic mass is 10.0. The van der Waals surface area contributed by atoms with E-state index in [0.29, 0.717) is 17.2 Å². The number of nitrogens with zero attached hydrogens (tertiary/aromatic N) is 1. The Balaban J connectivity index is 2.22. The highest BCUT2D eigenvalue weighted by Crippen LogP contribution is 2.33. The topological polar surface area (TPSA) is 63.1 Å². The molecule has 0 fully saturated rings. The molecule has 2 aromatic rings. The van der Waals surface area contributed by atoms with Gasteiger partial charge < -0.3 is 9.68 Å². The summed E-state index contributed by atoms with van der Waals surface area (Å²) < 4.78 is 38.5. The Bertz CT molecular complexity index is 765. The van der Waals surface area contributed by atoms with Gasteiger partial charge in [0.2, 0.25) is 0 Å². The zero-order valence-corrected chi connectivity index (χ0v) is 14.4. The molecule has 0 aliphatic heterocycles. The van der Waals surface area contributed by atoms with E-state index in [1.165, 1.54) is 11.7 Å². The molecule has 0 aliphatic carbocycles. The predicted octanol–water partition coefficient (Wildman–Crippen LogP) is 4.96. The number of benzene rings is 2. The molecule has 0 aromatic heterocycles. The highest BCUT2D eigenvalue weighted by Gasteiger charge is 2.31. The van der Waals surface area contributed by atoms with Gasteiger partial charge in [0.15, 0.2) is 5.75 Å². The van der Waals surface area contributed by atoms with Crippen LogP contribution in [0.3, 0.4) is 0 Å². The van der Waals surface area contributed by atoms with Crippen molar-refractivity contribution in [3.05, 3.63) is 64.2 Å². The highest BCUT2D eigenvalue weighted by atomic mass is 35.5. The molecule has 0 amide bonds. The Kier molecular flexibility index (Phi) is 6.84. The Morgan fingerprint density at radius 3 is 2.46 bits per heavy atom. The first-order valence-electron chi connectivity index (χ1n) is 7.56. The third-order valence-corrected chi connectivity index (χ3v) is 3.68. The molecule has 0 atom stereocenters. The van der Waals surface area contributed by atoms with Crippen LogP contribution < -0.4 is 10.5 Å². The standard InChI is InChI=1S/C17H16ClF3N2O3/c1-2-15(22-25-10-11-3-6-13(18)7-4-11)14-8-5-12(17(19,20)21)9-16(14)26-23-24/h3-9,23-24H,2,10H2,1H3/b22-15+. The van der Waals surface area contributed by atoms with E-state index >= 15 is 0 Å². The first-order chi connectivity index (χ1) is 12.3. The fourth-order valence-corrected chi connectivity index (χ4v) is 2.27. The monoisotopic (exact) mass is 388 g/mol. The maximum atomic E-state index is 12.8. The predicted molar refractivity (Wildman–Crippen MR) is 90.1 cm³/mol. The molecule has 26 heavy (non-hydrogen) atoms. The fraction of sp³-hybridized carbons (Fsp3) is 0.235. The minimum atomic E-state index is -4.54. The minimum absolute atomic E-state index is 0.162. The second kappa shape index (κ2) is 8.88. The molecule has 0 bridgehead atoms. The molecule has 0 spiro atoms. The summed E-state index contributed by atoms with van der Waals surface area (Å²) in [6.45, 7) is 1.92. The third kappa shape index (κ3) is 5.35. The van der Waals surface area contributed by atoms with Crippen molar-refractivity contribution in [3.63, 3.8) is 0 Å². The maximum Gasteiger partial charge on any atom is 0.416 e. The van der Waals surface area contributed by atoms with Crippen LogP contribution in [0.5, 0.6) is 5.75 Å². The van der Waals surface area contributed by atoms with E-state index in [1.807, 2.05) is 0 Å². The molecule has 0 radical (unpaired) electrons. The molecule has 9 heteroatoms. The normalized spacial score (nSPS) is 12.2. The molecule has 2 aromatic carbocycles. The van der Waals surface area contributed by atoms with E-state index in [2.05, 4.69) is 9.99 Å². The summed E-state index contributed by atoms with van der Waals surface area (Å²) in [6, 6.07) is 9.84. The van der Waals surface area contributed by atoms with Gasteiger partial charge in [-0.25, -0.2) is 0 Å². The van der Waals surface area contributed by atoms with Crippen molar-refractivity contribution in [2.75, 3.05) is 0 Å². The highest BCUT2D eigenvalue weighted by molar-refractivity contribution is 6.30. The lowest BCUT2D eigenvalue weighted by Gasteiger charge is -2.13. The number of nitrogens with one attached hydrogen (secondary N) is 1. The van der Waals surface area contributed by atoms with Crippen molar-refractivity contribution in [2.24, 2.45) is 5.16 Å². The Hall–Kier alpha value is -2.29. The van der Waals surface area contributed by atoms with E-state index in [1.54, 1.807) is 31.2 Å². The van der Waals surface area contributed by atoms with Crippen LogP contribution in [-0.4, -0.2) is 10.9 Å². The number of alkyl halides is 3. The summed E-state index contributed by atoms with van der Waals surface area (Å²) in [5, 5.41) is 13.3. The Morgan fingerprint density at radius 1 is 1.19 bits per heavy atom. The molecular formula is C17H16ClF3N2O3. The van der Waals surface area contributed by atoms with Crippen LogP contribution in [0.25, 0.3) is 0 Å². The number of rotatable bonds is 7. The molecular weight excluding hydrogens is 373 g/mol. The van der Waals surface area contributed by atoms with Gasteiger partial charge in [-0.15, -0.1) is 0 Å². The van der Waals surface area contributed by atoms with E-state index in [9.17, 15) is 13.2 Å². The maximum absolute atomic E-state index is 12.8. The van der Waals surface area contributed by atoms with E-state index in [4.69, 9.17) is 21.6 Å². The van der Waals surface area contributed by atoms with Gasteiger partial charge in [0, 0.05) is 10.6 Å². The number of hydrogen-bond donors (Lipinski definition) is 2. The number of hydrogen-bond acceptors (Lipinski definition) is 5. The van der Waals surface area contributed by atoms with Crippen LogP contribution >= 0.6 is 11.6 Å². The quantitative estimate of drug-likeness (QED) is 0.519. The molecule has 2 N–H and O–H groups in total. The SMILES string of the molecule is CC/C(=N\OCc1ccc(Cl)cc1)c1ccc(C(F)(F)F)cc1ONO. The average molecular weight is 389 g/mol. The van der Waals surface area contributed by atoms with Crippen LogP contribution in [-0.2, 0) is 17.6 Å². The Labute approximate surface area is 152 Å². The number of oxime groups is 1.